The summed E-state index contributed by atoms with van der Waals surface area (Å²) in [7, 11) is 1.87. The maximum absolute atomic E-state index is 6.06. The van der Waals surface area contributed by atoms with Gasteiger partial charge in [0.2, 0.25) is 0 Å². The van der Waals surface area contributed by atoms with Gasteiger partial charge in [-0.05, 0) is 35.2 Å². The van der Waals surface area contributed by atoms with Gasteiger partial charge in [-0.25, -0.2) is 0 Å². The number of nitrogens with one attached hydrogen (secondary N) is 1. The molecule has 2 fully saturated rings. The van der Waals surface area contributed by atoms with Crippen molar-refractivity contribution in [2.75, 3.05) is 46.4 Å². The van der Waals surface area contributed by atoms with Crippen LogP contribution in [0.15, 0.2) is 53.5 Å². The van der Waals surface area contributed by atoms with Crippen molar-refractivity contribution in [2.24, 2.45) is 4.99 Å². The second-order valence-electron chi connectivity index (χ2n) is 7.60. The summed E-state index contributed by atoms with van der Waals surface area (Å²) in [6, 6.07) is 17.1. The Morgan fingerprint density at radius 1 is 1.10 bits per heavy atom. The van der Waals surface area contributed by atoms with Crippen molar-refractivity contribution in [1.29, 1.82) is 0 Å². The van der Waals surface area contributed by atoms with Crippen molar-refractivity contribution in [3.8, 4) is 11.1 Å². The molecule has 2 saturated heterocycles. The fraction of sp³-hybridized carbons (Fsp3) is 0.435. The van der Waals surface area contributed by atoms with Crippen LogP contribution in [0.4, 0.5) is 0 Å². The fourth-order valence-corrected chi connectivity index (χ4v) is 4.39. The quantitative estimate of drug-likeness (QED) is 0.360. The van der Waals surface area contributed by atoms with Crippen LogP contribution in [0, 0.1) is 0 Å². The van der Waals surface area contributed by atoms with Crippen LogP contribution in [-0.4, -0.2) is 68.2 Å². The zero-order valence-corrected chi connectivity index (χ0v) is 20.5. The third-order valence-corrected chi connectivity index (χ3v) is 6.10. The highest BCUT2D eigenvalue weighted by molar-refractivity contribution is 14.0. The minimum atomic E-state index is 0. The molecule has 2 heterocycles. The highest BCUT2D eigenvalue weighted by atomic mass is 127. The minimum absolute atomic E-state index is 0. The van der Waals surface area contributed by atoms with E-state index in [4.69, 9.17) is 16.3 Å². The lowest BCUT2D eigenvalue weighted by Crippen LogP contribution is -2.46. The molecule has 2 aromatic rings. The molecule has 0 aromatic heterocycles. The Morgan fingerprint density at radius 2 is 1.83 bits per heavy atom. The van der Waals surface area contributed by atoms with Gasteiger partial charge in [0.25, 0.3) is 0 Å². The number of ether oxygens (including phenoxy) is 1. The van der Waals surface area contributed by atoms with Gasteiger partial charge in [0, 0.05) is 50.8 Å². The summed E-state index contributed by atoms with van der Waals surface area (Å²) in [5.74, 6) is 0.978. The van der Waals surface area contributed by atoms with Crippen molar-refractivity contribution in [3.05, 3.63) is 59.1 Å². The third-order valence-electron chi connectivity index (χ3n) is 5.85. The SMILES string of the molecule is CN=C(NCc1ccccc1-c1ccc(Cl)cc1)N1CCC(N2CCOCC2)C1.I. The molecule has 2 aliphatic rings. The summed E-state index contributed by atoms with van der Waals surface area (Å²) in [4.78, 5) is 9.49. The average Bonchev–Trinajstić information content (AvgIpc) is 3.26. The molecule has 0 amide bonds. The predicted octanol–water partition coefficient (Wildman–Crippen LogP) is 4.11. The minimum Gasteiger partial charge on any atom is -0.379 e. The molecule has 1 unspecified atom stereocenters. The monoisotopic (exact) mass is 540 g/mol. The van der Waals surface area contributed by atoms with Crippen LogP contribution in [-0.2, 0) is 11.3 Å². The first-order chi connectivity index (χ1) is 14.2. The van der Waals surface area contributed by atoms with Gasteiger partial charge < -0.3 is 15.0 Å². The number of benzene rings is 2. The Labute approximate surface area is 201 Å². The summed E-state index contributed by atoms with van der Waals surface area (Å²) < 4.78 is 5.50. The molecule has 0 bridgehead atoms. The standard InChI is InChI=1S/C23H29ClN4O.HI/c1-25-23(28-11-10-21(17-28)27-12-14-29-15-13-27)26-16-19-4-2-3-5-22(19)18-6-8-20(24)9-7-18;/h2-9,21H,10-17H2,1H3,(H,25,26);1H. The molecule has 1 atom stereocenters. The van der Waals surface area contributed by atoms with Crippen LogP contribution in [0.5, 0.6) is 0 Å². The lowest BCUT2D eigenvalue weighted by molar-refractivity contribution is 0.0195. The zero-order chi connectivity index (χ0) is 20.1. The van der Waals surface area contributed by atoms with Crippen LogP contribution >= 0.6 is 35.6 Å². The van der Waals surface area contributed by atoms with Gasteiger partial charge in [0.15, 0.2) is 5.96 Å². The highest BCUT2D eigenvalue weighted by Crippen LogP contribution is 2.25. The van der Waals surface area contributed by atoms with Gasteiger partial charge in [-0.3, -0.25) is 9.89 Å². The zero-order valence-electron chi connectivity index (χ0n) is 17.4. The van der Waals surface area contributed by atoms with E-state index in [1.807, 2.05) is 19.2 Å². The number of halogens is 2. The summed E-state index contributed by atoms with van der Waals surface area (Å²) in [5.41, 5.74) is 3.65. The first kappa shape index (κ1) is 23.3. The second-order valence-corrected chi connectivity index (χ2v) is 8.04. The fourth-order valence-electron chi connectivity index (χ4n) is 4.27. The molecule has 5 nitrogen and oxygen atoms in total. The molecule has 30 heavy (non-hydrogen) atoms. The van der Waals surface area contributed by atoms with E-state index in [0.29, 0.717) is 6.04 Å². The van der Waals surface area contributed by atoms with Gasteiger partial charge in [0.05, 0.1) is 13.2 Å². The molecule has 0 aliphatic carbocycles. The number of morpholine rings is 1. The lowest BCUT2D eigenvalue weighted by atomic mass is 10.00. The predicted molar refractivity (Wildman–Crippen MR) is 135 cm³/mol. The van der Waals surface area contributed by atoms with E-state index in [9.17, 15) is 0 Å². The number of hydrogen-bond donors (Lipinski definition) is 1. The van der Waals surface area contributed by atoms with Crippen LogP contribution in [0.1, 0.15) is 12.0 Å². The van der Waals surface area contributed by atoms with Crippen molar-refractivity contribution < 1.29 is 4.74 Å². The van der Waals surface area contributed by atoms with Crippen LogP contribution in [0.3, 0.4) is 0 Å². The van der Waals surface area contributed by atoms with E-state index in [-0.39, 0.29) is 24.0 Å². The number of hydrogen-bond acceptors (Lipinski definition) is 3. The number of rotatable bonds is 4. The molecular formula is C23H30ClIN4O. The molecule has 0 spiro atoms. The van der Waals surface area contributed by atoms with Gasteiger partial charge in [-0.1, -0.05) is 48.0 Å². The number of guanidine groups is 1. The normalized spacial score (nSPS) is 20.1. The molecule has 162 valence electrons. The van der Waals surface area contributed by atoms with Gasteiger partial charge >= 0.3 is 0 Å². The van der Waals surface area contributed by atoms with Crippen LogP contribution < -0.4 is 5.32 Å². The van der Waals surface area contributed by atoms with Crippen LogP contribution in [0.2, 0.25) is 5.02 Å². The smallest absolute Gasteiger partial charge is 0.193 e. The largest absolute Gasteiger partial charge is 0.379 e. The summed E-state index contributed by atoms with van der Waals surface area (Å²) >= 11 is 6.06. The van der Waals surface area contributed by atoms with E-state index in [1.165, 1.54) is 23.1 Å². The first-order valence-corrected chi connectivity index (χ1v) is 10.7. The number of aliphatic imine (C=N–C) groups is 1. The maximum atomic E-state index is 6.06. The van der Waals surface area contributed by atoms with Gasteiger partial charge in [-0.15, -0.1) is 24.0 Å². The van der Waals surface area contributed by atoms with Crippen molar-refractivity contribution in [2.45, 2.75) is 19.0 Å². The Morgan fingerprint density at radius 3 is 2.57 bits per heavy atom. The number of likely N-dealkylation sites (tertiary alicyclic amines) is 1. The Bertz CT molecular complexity index is 839. The van der Waals surface area contributed by atoms with Crippen molar-refractivity contribution in [1.82, 2.24) is 15.1 Å². The first-order valence-electron chi connectivity index (χ1n) is 10.4. The van der Waals surface area contributed by atoms with E-state index >= 15 is 0 Å². The second kappa shape index (κ2) is 11.3. The molecule has 2 aliphatic heterocycles. The molecule has 4 rings (SSSR count). The summed E-state index contributed by atoms with van der Waals surface area (Å²) in [6.07, 6.45) is 1.18. The van der Waals surface area contributed by atoms with E-state index < -0.39 is 0 Å². The van der Waals surface area contributed by atoms with E-state index in [1.54, 1.807) is 0 Å². The molecule has 0 saturated carbocycles. The third kappa shape index (κ3) is 5.66. The lowest BCUT2D eigenvalue weighted by Gasteiger charge is -2.32. The topological polar surface area (TPSA) is 40.1 Å². The van der Waals surface area contributed by atoms with Crippen molar-refractivity contribution >= 4 is 41.5 Å². The van der Waals surface area contributed by atoms with Gasteiger partial charge in [0.1, 0.15) is 0 Å². The Hall–Kier alpha value is -1.35. The summed E-state index contributed by atoms with van der Waals surface area (Å²) in [6.45, 7) is 6.59. The Kier molecular flexibility index (Phi) is 8.80. The highest BCUT2D eigenvalue weighted by Gasteiger charge is 2.30. The molecule has 1 N–H and O–H groups in total. The van der Waals surface area contributed by atoms with Gasteiger partial charge in [-0.2, -0.15) is 0 Å². The molecule has 0 radical (unpaired) electrons. The van der Waals surface area contributed by atoms with Crippen LogP contribution in [0.25, 0.3) is 11.1 Å². The van der Waals surface area contributed by atoms with Crippen molar-refractivity contribution in [3.63, 3.8) is 0 Å². The Balaban J connectivity index is 0.00000256. The molecule has 2 aromatic carbocycles. The molecule has 7 heteroatoms. The molecular weight excluding hydrogens is 511 g/mol. The van der Waals surface area contributed by atoms with E-state index in [0.717, 1.165) is 56.9 Å². The van der Waals surface area contributed by atoms with E-state index in [2.05, 4.69) is 56.5 Å². The maximum Gasteiger partial charge on any atom is 0.193 e. The average molecular weight is 541 g/mol. The number of nitrogens with zero attached hydrogens (tertiary/aromatic N) is 3. The summed E-state index contributed by atoms with van der Waals surface area (Å²) in [5, 5.41) is 4.34.